The zero-order chi connectivity index (χ0) is 25.9. The number of hydrogen-bond donors (Lipinski definition) is 0. The van der Waals surface area contributed by atoms with E-state index in [9.17, 15) is 17.6 Å². The van der Waals surface area contributed by atoms with Crippen LogP contribution in [0.3, 0.4) is 0 Å². The molecule has 0 radical (unpaired) electrons. The molecular weight excluding hydrogens is 499 g/mol. The number of hydrogen-bond acceptors (Lipinski definition) is 6. The lowest BCUT2D eigenvalue weighted by molar-refractivity contribution is -0.121. The van der Waals surface area contributed by atoms with Crippen LogP contribution in [0.15, 0.2) is 47.4 Å². The molecule has 3 aromatic rings. The number of benzene rings is 2. The van der Waals surface area contributed by atoms with Gasteiger partial charge in [-0.15, -0.1) is 0 Å². The fourth-order valence-corrected chi connectivity index (χ4v) is 7.28. The van der Waals surface area contributed by atoms with E-state index >= 15 is 0 Å². The Morgan fingerprint density at radius 2 is 1.83 bits per heavy atom. The van der Waals surface area contributed by atoms with E-state index in [1.165, 1.54) is 33.3 Å². The van der Waals surface area contributed by atoms with Gasteiger partial charge in [0.1, 0.15) is 11.9 Å². The van der Waals surface area contributed by atoms with E-state index in [0.29, 0.717) is 31.1 Å². The summed E-state index contributed by atoms with van der Waals surface area (Å²) in [6.07, 6.45) is 1.93. The van der Waals surface area contributed by atoms with E-state index < -0.39 is 21.9 Å². The second-order valence-corrected chi connectivity index (χ2v) is 11.8. The molecule has 7 nitrogen and oxygen atoms in total. The number of rotatable bonds is 10. The van der Waals surface area contributed by atoms with Crippen LogP contribution in [-0.4, -0.2) is 67.3 Å². The third-order valence-electron chi connectivity index (χ3n) is 6.79. The highest BCUT2D eigenvalue weighted by Gasteiger charge is 2.42. The Hall–Kier alpha value is -2.40. The lowest BCUT2D eigenvalue weighted by Gasteiger charge is -2.30. The minimum absolute atomic E-state index is 0.00891. The SMILES string of the molecule is CCc1ccc2nc(N(CCN(CC)CC)C(=O)C3CCCN3S(=O)(=O)c3ccc(F)cc3)sc2c1. The predicted octanol–water partition coefficient (Wildman–Crippen LogP) is 4.53. The molecule has 1 aliphatic rings. The minimum Gasteiger partial charge on any atom is -0.302 e. The number of halogens is 1. The molecule has 4 rings (SSSR count). The second kappa shape index (κ2) is 11.3. The van der Waals surface area contributed by atoms with Gasteiger partial charge < -0.3 is 4.90 Å². The van der Waals surface area contributed by atoms with Crippen LogP contribution < -0.4 is 4.90 Å². The van der Waals surface area contributed by atoms with Crippen molar-refractivity contribution in [1.82, 2.24) is 14.2 Å². The summed E-state index contributed by atoms with van der Waals surface area (Å²) in [5.41, 5.74) is 2.03. The van der Waals surface area contributed by atoms with E-state index in [-0.39, 0.29) is 17.3 Å². The molecule has 2 aromatic carbocycles. The van der Waals surface area contributed by atoms with Gasteiger partial charge in [0.2, 0.25) is 15.9 Å². The first kappa shape index (κ1) is 26.7. The van der Waals surface area contributed by atoms with Gasteiger partial charge in [-0.25, -0.2) is 17.8 Å². The van der Waals surface area contributed by atoms with E-state index in [2.05, 4.69) is 31.7 Å². The maximum absolute atomic E-state index is 14.0. The maximum atomic E-state index is 14.0. The van der Waals surface area contributed by atoms with Gasteiger partial charge >= 0.3 is 0 Å². The van der Waals surface area contributed by atoms with E-state index in [0.717, 1.165) is 41.9 Å². The second-order valence-electron chi connectivity index (χ2n) is 8.90. The molecule has 0 saturated carbocycles. The van der Waals surface area contributed by atoms with Crippen LogP contribution in [0.5, 0.6) is 0 Å². The summed E-state index contributed by atoms with van der Waals surface area (Å²) >= 11 is 1.46. The first-order chi connectivity index (χ1) is 17.3. The van der Waals surface area contributed by atoms with Gasteiger partial charge in [-0.05, 0) is 74.3 Å². The van der Waals surface area contributed by atoms with Crippen molar-refractivity contribution in [3.8, 4) is 0 Å². The molecule has 1 aromatic heterocycles. The Labute approximate surface area is 216 Å². The van der Waals surface area contributed by atoms with Gasteiger partial charge in [0, 0.05) is 19.6 Å². The summed E-state index contributed by atoms with van der Waals surface area (Å²) in [5.74, 6) is -0.771. The minimum atomic E-state index is -3.95. The number of carbonyl (C=O) groups is 1. The Morgan fingerprint density at radius 1 is 1.11 bits per heavy atom. The fraction of sp³-hybridized carbons (Fsp3) is 0.462. The summed E-state index contributed by atoms with van der Waals surface area (Å²) in [6.45, 7) is 9.29. The summed E-state index contributed by atoms with van der Waals surface area (Å²) < 4.78 is 42.5. The Morgan fingerprint density at radius 3 is 2.50 bits per heavy atom. The highest BCUT2D eigenvalue weighted by atomic mass is 32.2. The van der Waals surface area contributed by atoms with Crippen molar-refractivity contribution in [2.75, 3.05) is 37.6 Å². The number of carbonyl (C=O) groups excluding carboxylic acids is 1. The molecule has 1 saturated heterocycles. The molecule has 1 fully saturated rings. The third kappa shape index (κ3) is 5.46. The molecule has 36 heavy (non-hydrogen) atoms. The Bertz CT molecular complexity index is 1310. The lowest BCUT2D eigenvalue weighted by Crippen LogP contribution is -2.49. The summed E-state index contributed by atoms with van der Waals surface area (Å²) in [7, 11) is -3.95. The summed E-state index contributed by atoms with van der Waals surface area (Å²) in [5, 5.41) is 0.585. The number of likely N-dealkylation sites (N-methyl/N-ethyl adjacent to an activating group) is 1. The van der Waals surface area contributed by atoms with Crippen molar-refractivity contribution < 1.29 is 17.6 Å². The molecule has 1 amide bonds. The van der Waals surface area contributed by atoms with Crippen molar-refractivity contribution in [3.63, 3.8) is 0 Å². The molecule has 2 heterocycles. The zero-order valence-corrected chi connectivity index (χ0v) is 22.6. The normalized spacial score (nSPS) is 16.8. The molecule has 0 spiro atoms. The van der Waals surface area contributed by atoms with Gasteiger partial charge in [-0.2, -0.15) is 4.31 Å². The number of aromatic nitrogens is 1. The maximum Gasteiger partial charge on any atom is 0.247 e. The van der Waals surface area contributed by atoms with Gasteiger partial charge in [0.25, 0.3) is 0 Å². The monoisotopic (exact) mass is 532 g/mol. The number of anilines is 1. The number of aryl methyl sites for hydroxylation is 1. The highest BCUT2D eigenvalue weighted by Crippen LogP contribution is 2.33. The van der Waals surface area contributed by atoms with Crippen LogP contribution in [0.25, 0.3) is 10.2 Å². The lowest BCUT2D eigenvalue weighted by atomic mass is 10.2. The fourth-order valence-electron chi connectivity index (χ4n) is 4.57. The van der Waals surface area contributed by atoms with E-state index in [4.69, 9.17) is 4.98 Å². The van der Waals surface area contributed by atoms with Crippen molar-refractivity contribution in [3.05, 3.63) is 53.8 Å². The van der Waals surface area contributed by atoms with Crippen molar-refractivity contribution >= 4 is 42.6 Å². The van der Waals surface area contributed by atoms with Crippen LogP contribution in [0.4, 0.5) is 9.52 Å². The number of amides is 1. The van der Waals surface area contributed by atoms with Gasteiger partial charge in [-0.1, -0.05) is 38.2 Å². The third-order valence-corrected chi connectivity index (χ3v) is 9.75. The van der Waals surface area contributed by atoms with Gasteiger partial charge in [0.15, 0.2) is 5.13 Å². The van der Waals surface area contributed by atoms with Crippen LogP contribution in [-0.2, 0) is 21.2 Å². The first-order valence-electron chi connectivity index (χ1n) is 12.5. The topological polar surface area (TPSA) is 73.8 Å². The molecular formula is C26H33FN4O3S2. The molecule has 0 bridgehead atoms. The molecule has 0 N–H and O–H groups in total. The van der Waals surface area contributed by atoms with E-state index in [1.807, 2.05) is 12.1 Å². The van der Waals surface area contributed by atoms with Gasteiger partial charge in [0.05, 0.1) is 15.1 Å². The number of sulfonamides is 1. The average Bonchev–Trinajstić information content (AvgIpc) is 3.54. The van der Waals surface area contributed by atoms with Gasteiger partial charge in [-0.3, -0.25) is 9.69 Å². The Balaban J connectivity index is 1.67. The molecule has 1 atom stereocenters. The smallest absolute Gasteiger partial charge is 0.247 e. The number of fused-ring (bicyclic) bond motifs is 1. The summed E-state index contributed by atoms with van der Waals surface area (Å²) in [6, 6.07) is 10.1. The van der Waals surface area contributed by atoms with Crippen LogP contribution in [0.1, 0.15) is 39.2 Å². The molecule has 194 valence electrons. The van der Waals surface area contributed by atoms with Crippen LogP contribution in [0, 0.1) is 5.82 Å². The average molecular weight is 533 g/mol. The summed E-state index contributed by atoms with van der Waals surface area (Å²) in [4.78, 5) is 22.6. The number of nitrogens with zero attached hydrogens (tertiary/aromatic N) is 4. The molecule has 1 unspecified atom stereocenters. The quantitative estimate of drug-likeness (QED) is 0.384. The number of thiazole rings is 1. The standard InChI is InChI=1S/C26H33FN4O3S2/c1-4-19-9-14-22-24(18-19)35-26(28-22)30(17-16-29(5-2)6-3)25(32)23-8-7-15-31(23)36(33,34)21-12-10-20(27)11-13-21/h9-14,18,23H,4-8,15-17H2,1-3H3. The Kier molecular flexibility index (Phi) is 8.39. The van der Waals surface area contributed by atoms with Crippen molar-refractivity contribution in [2.45, 2.75) is 51.0 Å². The van der Waals surface area contributed by atoms with Crippen LogP contribution in [0.2, 0.25) is 0 Å². The predicted molar refractivity (Wildman–Crippen MR) is 142 cm³/mol. The molecule has 0 aliphatic carbocycles. The van der Waals surface area contributed by atoms with Crippen LogP contribution >= 0.6 is 11.3 Å². The van der Waals surface area contributed by atoms with Crippen molar-refractivity contribution in [1.29, 1.82) is 0 Å². The highest BCUT2D eigenvalue weighted by molar-refractivity contribution is 7.89. The van der Waals surface area contributed by atoms with Crippen molar-refractivity contribution in [2.24, 2.45) is 0 Å². The zero-order valence-electron chi connectivity index (χ0n) is 21.0. The largest absolute Gasteiger partial charge is 0.302 e. The molecule has 1 aliphatic heterocycles. The molecule has 10 heteroatoms. The van der Waals surface area contributed by atoms with E-state index in [1.54, 1.807) is 4.90 Å². The first-order valence-corrected chi connectivity index (χ1v) is 14.7.